The monoisotopic (exact) mass is 370 g/mol. The van der Waals surface area contributed by atoms with E-state index in [-0.39, 0.29) is 5.91 Å². The molecule has 0 saturated carbocycles. The van der Waals surface area contributed by atoms with Crippen LogP contribution in [-0.4, -0.2) is 39.6 Å². The fraction of sp³-hybridized carbons (Fsp3) is 0.263. The van der Waals surface area contributed by atoms with Crippen LogP contribution in [0.5, 0.6) is 0 Å². The third kappa shape index (κ3) is 4.67. The van der Waals surface area contributed by atoms with Crippen LogP contribution in [0.1, 0.15) is 17.9 Å². The van der Waals surface area contributed by atoms with Gasteiger partial charge in [0.1, 0.15) is 0 Å². The lowest BCUT2D eigenvalue weighted by atomic mass is 10.2. The first-order chi connectivity index (χ1) is 12.6. The molecule has 0 spiro atoms. The van der Waals surface area contributed by atoms with Gasteiger partial charge in [-0.2, -0.15) is 0 Å². The van der Waals surface area contributed by atoms with Crippen molar-refractivity contribution in [3.63, 3.8) is 0 Å². The van der Waals surface area contributed by atoms with Crippen LogP contribution >= 0.6 is 11.6 Å². The number of aryl methyl sites for hydroxylation is 1. The minimum Gasteiger partial charge on any atom is -0.421 e. The smallest absolute Gasteiger partial charge is 0.249 e. The molecule has 2 aromatic heterocycles. The molecule has 1 aromatic carbocycles. The van der Waals surface area contributed by atoms with Crippen molar-refractivity contribution in [2.75, 3.05) is 13.6 Å². The molecule has 0 saturated heterocycles. The highest BCUT2D eigenvalue weighted by atomic mass is 35.5. The Kier molecular flexibility index (Phi) is 5.96. The standard InChI is InChI=1S/C19H19ClN4O2/c1-24(13-10-14-8-11-21-12-9-14)18(25)7-6-17-22-23-19(26-17)15-4-2-3-5-16(15)20/h2-5,8-9,11-12H,6-7,10,13H2,1H3. The van der Waals surface area contributed by atoms with Crippen LogP contribution in [0.4, 0.5) is 0 Å². The molecule has 0 radical (unpaired) electrons. The number of likely N-dealkylation sites (N-methyl/N-ethyl adjacent to an activating group) is 1. The minimum atomic E-state index is 0.0385. The van der Waals surface area contributed by atoms with Crippen LogP contribution in [-0.2, 0) is 17.6 Å². The van der Waals surface area contributed by atoms with Gasteiger partial charge in [0.15, 0.2) is 0 Å². The third-order valence-electron chi connectivity index (χ3n) is 4.03. The Labute approximate surface area is 156 Å². The fourth-order valence-electron chi connectivity index (χ4n) is 2.47. The summed E-state index contributed by atoms with van der Waals surface area (Å²) in [7, 11) is 1.80. The fourth-order valence-corrected chi connectivity index (χ4v) is 2.69. The average Bonchev–Trinajstić information content (AvgIpc) is 3.14. The van der Waals surface area contributed by atoms with Crippen LogP contribution < -0.4 is 0 Å². The van der Waals surface area contributed by atoms with Crippen LogP contribution in [0, 0.1) is 0 Å². The molecule has 3 rings (SSSR count). The van der Waals surface area contributed by atoms with Gasteiger partial charge in [0.05, 0.1) is 10.6 Å². The maximum atomic E-state index is 12.3. The van der Waals surface area contributed by atoms with E-state index in [9.17, 15) is 4.79 Å². The summed E-state index contributed by atoms with van der Waals surface area (Å²) in [5, 5.41) is 8.57. The number of hydrogen-bond donors (Lipinski definition) is 0. The zero-order valence-corrected chi connectivity index (χ0v) is 15.2. The van der Waals surface area contributed by atoms with E-state index in [1.165, 1.54) is 0 Å². The maximum Gasteiger partial charge on any atom is 0.249 e. The van der Waals surface area contributed by atoms with Crippen LogP contribution in [0.2, 0.25) is 5.02 Å². The van der Waals surface area contributed by atoms with Gasteiger partial charge in [-0.25, -0.2) is 0 Å². The molecule has 3 aromatic rings. The van der Waals surface area contributed by atoms with E-state index in [0.29, 0.717) is 41.8 Å². The lowest BCUT2D eigenvalue weighted by Crippen LogP contribution is -2.29. The number of aromatic nitrogens is 3. The molecule has 0 aliphatic heterocycles. The Bertz CT molecular complexity index is 867. The molecule has 0 unspecified atom stereocenters. The highest BCUT2D eigenvalue weighted by Crippen LogP contribution is 2.26. The topological polar surface area (TPSA) is 72.1 Å². The van der Waals surface area contributed by atoms with Gasteiger partial charge in [-0.3, -0.25) is 9.78 Å². The van der Waals surface area contributed by atoms with Crippen molar-refractivity contribution >= 4 is 17.5 Å². The van der Waals surface area contributed by atoms with Gasteiger partial charge in [0.2, 0.25) is 17.7 Å². The number of hydrogen-bond acceptors (Lipinski definition) is 5. The SMILES string of the molecule is CN(CCc1ccncc1)C(=O)CCc1nnc(-c2ccccc2Cl)o1. The van der Waals surface area contributed by atoms with Gasteiger partial charge in [0.25, 0.3) is 0 Å². The Morgan fingerprint density at radius 1 is 1.12 bits per heavy atom. The van der Waals surface area contributed by atoms with Crippen molar-refractivity contribution in [3.05, 3.63) is 65.3 Å². The van der Waals surface area contributed by atoms with Crippen molar-refractivity contribution in [1.82, 2.24) is 20.1 Å². The maximum absolute atomic E-state index is 12.3. The first kappa shape index (κ1) is 18.1. The number of rotatable bonds is 7. The number of carbonyl (C=O) groups excluding carboxylic acids is 1. The second-order valence-corrected chi connectivity index (χ2v) is 6.31. The lowest BCUT2D eigenvalue weighted by molar-refractivity contribution is -0.129. The van der Waals surface area contributed by atoms with Crippen LogP contribution in [0.25, 0.3) is 11.5 Å². The van der Waals surface area contributed by atoms with E-state index < -0.39 is 0 Å². The van der Waals surface area contributed by atoms with E-state index in [1.807, 2.05) is 30.3 Å². The van der Waals surface area contributed by atoms with Gasteiger partial charge < -0.3 is 9.32 Å². The van der Waals surface area contributed by atoms with E-state index in [0.717, 1.165) is 12.0 Å². The van der Waals surface area contributed by atoms with E-state index in [2.05, 4.69) is 15.2 Å². The summed E-state index contributed by atoms with van der Waals surface area (Å²) < 4.78 is 5.63. The summed E-state index contributed by atoms with van der Waals surface area (Å²) in [5.41, 5.74) is 1.84. The molecular weight excluding hydrogens is 352 g/mol. The molecule has 7 heteroatoms. The van der Waals surface area contributed by atoms with E-state index >= 15 is 0 Å². The molecule has 134 valence electrons. The van der Waals surface area contributed by atoms with Gasteiger partial charge in [-0.1, -0.05) is 23.7 Å². The van der Waals surface area contributed by atoms with Gasteiger partial charge in [0, 0.05) is 38.8 Å². The van der Waals surface area contributed by atoms with Gasteiger partial charge >= 0.3 is 0 Å². The van der Waals surface area contributed by atoms with Crippen molar-refractivity contribution in [1.29, 1.82) is 0 Å². The normalized spacial score (nSPS) is 10.7. The molecule has 6 nitrogen and oxygen atoms in total. The van der Waals surface area contributed by atoms with Crippen molar-refractivity contribution in [2.24, 2.45) is 0 Å². The zero-order valence-electron chi connectivity index (χ0n) is 14.4. The molecule has 1 amide bonds. The van der Waals surface area contributed by atoms with Gasteiger partial charge in [-0.05, 0) is 36.2 Å². The van der Waals surface area contributed by atoms with Gasteiger partial charge in [-0.15, -0.1) is 10.2 Å². The number of benzene rings is 1. The highest BCUT2D eigenvalue weighted by molar-refractivity contribution is 6.33. The summed E-state index contributed by atoms with van der Waals surface area (Å²) in [5.74, 6) is 0.830. The lowest BCUT2D eigenvalue weighted by Gasteiger charge is -2.16. The third-order valence-corrected chi connectivity index (χ3v) is 4.36. The Morgan fingerprint density at radius 3 is 2.65 bits per heavy atom. The summed E-state index contributed by atoms with van der Waals surface area (Å²) in [6.45, 7) is 0.650. The van der Waals surface area contributed by atoms with Crippen molar-refractivity contribution in [3.8, 4) is 11.5 Å². The summed E-state index contributed by atoms with van der Waals surface area (Å²) in [4.78, 5) is 18.0. The quantitative estimate of drug-likeness (QED) is 0.637. The number of amides is 1. The number of carbonyl (C=O) groups is 1. The zero-order chi connectivity index (χ0) is 18.4. The largest absolute Gasteiger partial charge is 0.421 e. The second-order valence-electron chi connectivity index (χ2n) is 5.90. The number of pyridine rings is 1. The van der Waals surface area contributed by atoms with Crippen LogP contribution in [0.15, 0.2) is 53.2 Å². The minimum absolute atomic E-state index is 0.0385. The number of nitrogens with zero attached hydrogens (tertiary/aromatic N) is 4. The van der Waals surface area contributed by atoms with Crippen molar-refractivity contribution < 1.29 is 9.21 Å². The summed E-state index contributed by atoms with van der Waals surface area (Å²) in [6.07, 6.45) is 5.02. The van der Waals surface area contributed by atoms with Crippen molar-refractivity contribution in [2.45, 2.75) is 19.3 Å². The Hall–Kier alpha value is -2.73. The molecular formula is C19H19ClN4O2. The van der Waals surface area contributed by atoms with E-state index in [4.69, 9.17) is 16.0 Å². The molecule has 2 heterocycles. The summed E-state index contributed by atoms with van der Waals surface area (Å²) in [6, 6.07) is 11.2. The van der Waals surface area contributed by atoms with Crippen LogP contribution in [0.3, 0.4) is 0 Å². The molecule has 0 fully saturated rings. The molecule has 0 N–H and O–H groups in total. The first-order valence-electron chi connectivity index (χ1n) is 8.33. The second kappa shape index (κ2) is 8.58. The molecule has 0 aliphatic carbocycles. The molecule has 0 aliphatic rings. The molecule has 0 bridgehead atoms. The molecule has 0 atom stereocenters. The highest BCUT2D eigenvalue weighted by Gasteiger charge is 2.14. The number of halogens is 1. The molecule has 26 heavy (non-hydrogen) atoms. The average molecular weight is 371 g/mol. The predicted molar refractivity (Wildman–Crippen MR) is 98.6 cm³/mol. The summed E-state index contributed by atoms with van der Waals surface area (Å²) >= 11 is 6.13. The Morgan fingerprint density at radius 2 is 1.88 bits per heavy atom. The van der Waals surface area contributed by atoms with E-state index in [1.54, 1.807) is 30.4 Å². The first-order valence-corrected chi connectivity index (χ1v) is 8.71. The Balaban J connectivity index is 1.51. The predicted octanol–water partition coefficient (Wildman–Crippen LogP) is 3.42.